The average molecular weight is 334 g/mol. The van der Waals surface area contributed by atoms with Gasteiger partial charge in [0.1, 0.15) is 0 Å². The molecule has 0 radical (unpaired) electrons. The third kappa shape index (κ3) is 3.50. The van der Waals surface area contributed by atoms with Gasteiger partial charge in [0.2, 0.25) is 0 Å². The van der Waals surface area contributed by atoms with Crippen molar-refractivity contribution in [2.24, 2.45) is 0 Å². The van der Waals surface area contributed by atoms with Crippen molar-refractivity contribution in [3.63, 3.8) is 0 Å². The summed E-state index contributed by atoms with van der Waals surface area (Å²) in [6.07, 6.45) is -3.98. The normalized spacial score (nSPS) is 11.7. The fraction of sp³-hybridized carbons (Fsp3) is 0.158. The van der Waals surface area contributed by atoms with E-state index in [1.54, 1.807) is 0 Å². The van der Waals surface area contributed by atoms with Crippen LogP contribution in [0.1, 0.15) is 12.5 Å². The first-order chi connectivity index (χ1) is 11.4. The lowest BCUT2D eigenvalue weighted by atomic mass is 9.99. The molecule has 0 fully saturated rings. The van der Waals surface area contributed by atoms with Crippen LogP contribution in [-0.4, -0.2) is 6.36 Å². The van der Waals surface area contributed by atoms with E-state index >= 15 is 0 Å². The molecule has 0 aliphatic heterocycles. The highest BCUT2D eigenvalue weighted by molar-refractivity contribution is 5.88. The molecular weight excluding hydrogens is 320 g/mol. The van der Waals surface area contributed by atoms with Crippen molar-refractivity contribution in [2.75, 3.05) is 0 Å². The second kappa shape index (κ2) is 6.15. The van der Waals surface area contributed by atoms with E-state index in [1.165, 1.54) is 11.6 Å². The van der Waals surface area contributed by atoms with E-state index in [9.17, 15) is 17.6 Å². The minimum absolute atomic E-state index is 0.489. The highest BCUT2D eigenvalue weighted by atomic mass is 19.4. The van der Waals surface area contributed by atoms with Gasteiger partial charge in [0.15, 0.2) is 11.6 Å². The van der Waals surface area contributed by atoms with Crippen LogP contribution in [-0.2, 0) is 6.42 Å². The van der Waals surface area contributed by atoms with Crippen LogP contribution in [0.5, 0.6) is 5.75 Å². The quantitative estimate of drug-likeness (QED) is 0.525. The molecule has 0 saturated carbocycles. The molecule has 0 aliphatic rings. The van der Waals surface area contributed by atoms with Crippen LogP contribution in [0, 0.1) is 5.82 Å². The van der Waals surface area contributed by atoms with Gasteiger partial charge in [-0.3, -0.25) is 0 Å². The molecule has 0 bridgehead atoms. The number of ether oxygens (including phenoxy) is 1. The number of aryl methyl sites for hydroxylation is 1. The zero-order chi connectivity index (χ0) is 17.3. The molecule has 3 rings (SSSR count). The molecule has 5 heteroatoms. The van der Waals surface area contributed by atoms with Gasteiger partial charge in [-0.2, -0.15) is 0 Å². The highest BCUT2D eigenvalue weighted by Gasteiger charge is 2.32. The molecule has 3 aromatic carbocycles. The fourth-order valence-corrected chi connectivity index (χ4v) is 2.58. The van der Waals surface area contributed by atoms with Crippen LogP contribution in [0.25, 0.3) is 21.9 Å². The summed E-state index contributed by atoms with van der Waals surface area (Å²) >= 11 is 0. The Morgan fingerprint density at radius 1 is 0.833 bits per heavy atom. The average Bonchev–Trinajstić information content (AvgIpc) is 2.54. The number of fused-ring (bicyclic) bond motifs is 1. The minimum atomic E-state index is -4.91. The third-order valence-electron chi connectivity index (χ3n) is 3.80. The number of alkyl halides is 3. The van der Waals surface area contributed by atoms with Crippen LogP contribution >= 0.6 is 0 Å². The van der Waals surface area contributed by atoms with Crippen LogP contribution in [0.4, 0.5) is 17.6 Å². The predicted octanol–water partition coefficient (Wildman–Crippen LogP) is 6.11. The lowest BCUT2D eigenvalue weighted by Crippen LogP contribution is -2.17. The number of hydrogen-bond donors (Lipinski definition) is 0. The topological polar surface area (TPSA) is 9.23 Å². The Kier molecular flexibility index (Phi) is 4.18. The molecule has 124 valence electrons. The lowest BCUT2D eigenvalue weighted by Gasteiger charge is -2.11. The maximum absolute atomic E-state index is 13.9. The van der Waals surface area contributed by atoms with Crippen molar-refractivity contribution in [2.45, 2.75) is 19.7 Å². The summed E-state index contributed by atoms with van der Waals surface area (Å²) in [7, 11) is 0. The second-order valence-electron chi connectivity index (χ2n) is 5.44. The molecule has 0 atom stereocenters. The van der Waals surface area contributed by atoms with Gasteiger partial charge in [-0.25, -0.2) is 4.39 Å². The first-order valence-electron chi connectivity index (χ1n) is 7.44. The van der Waals surface area contributed by atoms with Crippen molar-refractivity contribution < 1.29 is 22.3 Å². The van der Waals surface area contributed by atoms with E-state index in [0.717, 1.165) is 34.9 Å². The lowest BCUT2D eigenvalue weighted by molar-refractivity contribution is -0.275. The van der Waals surface area contributed by atoms with Gasteiger partial charge in [0.25, 0.3) is 0 Å². The third-order valence-corrected chi connectivity index (χ3v) is 3.80. The Balaban J connectivity index is 1.96. The number of benzene rings is 3. The Bertz CT molecular complexity index is 884. The summed E-state index contributed by atoms with van der Waals surface area (Å²) in [6, 6.07) is 15.1. The fourth-order valence-electron chi connectivity index (χ4n) is 2.58. The van der Waals surface area contributed by atoms with E-state index in [2.05, 4.69) is 17.7 Å². The molecule has 0 spiro atoms. The molecular formula is C19H14F4O. The minimum Gasteiger partial charge on any atom is -0.403 e. The van der Waals surface area contributed by atoms with Crippen molar-refractivity contribution in [3.8, 4) is 16.9 Å². The summed E-state index contributed by atoms with van der Waals surface area (Å²) in [6.45, 7) is 2.07. The van der Waals surface area contributed by atoms with Gasteiger partial charge in [-0.05, 0) is 52.1 Å². The molecule has 0 saturated heterocycles. The summed E-state index contributed by atoms with van der Waals surface area (Å²) in [4.78, 5) is 0. The molecule has 0 heterocycles. The first-order valence-corrected chi connectivity index (χ1v) is 7.44. The molecule has 3 aromatic rings. The number of rotatable bonds is 3. The maximum Gasteiger partial charge on any atom is 0.573 e. The van der Waals surface area contributed by atoms with Gasteiger partial charge in [0, 0.05) is 0 Å². The van der Waals surface area contributed by atoms with Gasteiger partial charge in [-0.1, -0.05) is 43.3 Å². The van der Waals surface area contributed by atoms with Crippen molar-refractivity contribution in [1.29, 1.82) is 0 Å². The Hall–Kier alpha value is -2.56. The van der Waals surface area contributed by atoms with Gasteiger partial charge < -0.3 is 4.74 Å². The van der Waals surface area contributed by atoms with Crippen molar-refractivity contribution in [1.82, 2.24) is 0 Å². The summed E-state index contributed by atoms with van der Waals surface area (Å²) in [5.74, 6) is -1.88. The first kappa shape index (κ1) is 16.3. The number of halogens is 4. The largest absolute Gasteiger partial charge is 0.573 e. The summed E-state index contributed by atoms with van der Waals surface area (Å²) < 4.78 is 54.1. The van der Waals surface area contributed by atoms with Crippen molar-refractivity contribution in [3.05, 3.63) is 66.0 Å². The van der Waals surface area contributed by atoms with Crippen LogP contribution in [0.2, 0.25) is 0 Å². The van der Waals surface area contributed by atoms with E-state index in [0.29, 0.717) is 5.56 Å². The standard InChI is InChI=1S/C19H14F4O/c1-2-12-3-4-14-10-15(6-5-13(14)9-12)16-7-8-18(17(20)11-16)24-19(21,22)23/h3-11H,2H2,1H3. The SMILES string of the molecule is CCc1ccc2cc(-c3ccc(OC(F)(F)F)c(F)c3)ccc2c1. The summed E-state index contributed by atoms with van der Waals surface area (Å²) in [5.41, 5.74) is 2.43. The van der Waals surface area contributed by atoms with E-state index < -0.39 is 17.9 Å². The Morgan fingerprint density at radius 3 is 2.12 bits per heavy atom. The van der Waals surface area contributed by atoms with Crippen LogP contribution in [0.3, 0.4) is 0 Å². The smallest absolute Gasteiger partial charge is 0.403 e. The Labute approximate surface area is 136 Å². The molecule has 0 amide bonds. The zero-order valence-electron chi connectivity index (χ0n) is 12.8. The molecule has 0 N–H and O–H groups in total. The van der Waals surface area contributed by atoms with Gasteiger partial charge in [-0.15, -0.1) is 13.2 Å². The molecule has 0 aromatic heterocycles. The predicted molar refractivity (Wildman–Crippen MR) is 85.4 cm³/mol. The van der Waals surface area contributed by atoms with E-state index in [-0.39, 0.29) is 0 Å². The maximum atomic E-state index is 13.9. The van der Waals surface area contributed by atoms with Crippen molar-refractivity contribution >= 4 is 10.8 Å². The molecule has 24 heavy (non-hydrogen) atoms. The van der Waals surface area contributed by atoms with Gasteiger partial charge in [0.05, 0.1) is 0 Å². The Morgan fingerprint density at radius 2 is 1.46 bits per heavy atom. The number of hydrogen-bond acceptors (Lipinski definition) is 1. The monoisotopic (exact) mass is 334 g/mol. The molecule has 0 unspecified atom stereocenters. The summed E-state index contributed by atoms with van der Waals surface area (Å²) in [5, 5.41) is 2.05. The van der Waals surface area contributed by atoms with Crippen LogP contribution in [0.15, 0.2) is 54.6 Å². The molecule has 0 aliphatic carbocycles. The highest BCUT2D eigenvalue weighted by Crippen LogP contribution is 2.31. The second-order valence-corrected chi connectivity index (χ2v) is 5.44. The van der Waals surface area contributed by atoms with Crippen LogP contribution < -0.4 is 4.74 Å². The van der Waals surface area contributed by atoms with E-state index in [1.807, 2.05) is 30.3 Å². The zero-order valence-corrected chi connectivity index (χ0v) is 12.8. The van der Waals surface area contributed by atoms with Gasteiger partial charge >= 0.3 is 6.36 Å². The molecule has 1 nitrogen and oxygen atoms in total. The van der Waals surface area contributed by atoms with E-state index in [4.69, 9.17) is 0 Å².